The zero-order chi connectivity index (χ0) is 23.9. The SMILES string of the molecule is CC(C)(O)CC(=O)Nc1nc2ccc(C(F)(F)F)cc2n1-c1ccc(OC(F)(F)F)cc1. The number of anilines is 1. The van der Waals surface area contributed by atoms with E-state index in [-0.39, 0.29) is 29.1 Å². The van der Waals surface area contributed by atoms with E-state index < -0.39 is 35.4 Å². The van der Waals surface area contributed by atoms with Crippen LogP contribution in [0.15, 0.2) is 42.5 Å². The maximum Gasteiger partial charge on any atom is 0.573 e. The summed E-state index contributed by atoms with van der Waals surface area (Å²) in [4.78, 5) is 16.4. The van der Waals surface area contributed by atoms with Gasteiger partial charge in [0.2, 0.25) is 11.9 Å². The van der Waals surface area contributed by atoms with Crippen LogP contribution in [0.4, 0.5) is 32.3 Å². The first-order chi connectivity index (χ1) is 14.6. The molecular formula is C20H17F6N3O3. The number of nitrogens with zero attached hydrogens (tertiary/aromatic N) is 2. The average Bonchev–Trinajstić information content (AvgIpc) is 2.95. The summed E-state index contributed by atoms with van der Waals surface area (Å²) in [6.07, 6.45) is -9.90. The Morgan fingerprint density at radius 3 is 2.22 bits per heavy atom. The lowest BCUT2D eigenvalue weighted by Crippen LogP contribution is -2.28. The molecule has 0 saturated carbocycles. The minimum Gasteiger partial charge on any atom is -0.406 e. The van der Waals surface area contributed by atoms with E-state index >= 15 is 0 Å². The lowest BCUT2D eigenvalue weighted by Gasteiger charge is -2.17. The molecule has 1 amide bonds. The second kappa shape index (κ2) is 8.01. The number of hydrogen-bond donors (Lipinski definition) is 2. The normalized spacial score (nSPS) is 12.8. The van der Waals surface area contributed by atoms with Crippen molar-refractivity contribution in [2.24, 2.45) is 0 Å². The second-order valence-electron chi connectivity index (χ2n) is 7.55. The van der Waals surface area contributed by atoms with Crippen LogP contribution in [-0.4, -0.2) is 32.5 Å². The monoisotopic (exact) mass is 461 g/mol. The second-order valence-corrected chi connectivity index (χ2v) is 7.55. The summed E-state index contributed by atoms with van der Waals surface area (Å²) in [6.45, 7) is 2.79. The van der Waals surface area contributed by atoms with Crippen LogP contribution in [0, 0.1) is 0 Å². The quantitative estimate of drug-likeness (QED) is 0.522. The van der Waals surface area contributed by atoms with Crippen molar-refractivity contribution in [1.29, 1.82) is 0 Å². The molecule has 0 spiro atoms. The Labute approximate surface area is 177 Å². The fourth-order valence-electron chi connectivity index (χ4n) is 2.96. The van der Waals surface area contributed by atoms with E-state index in [0.29, 0.717) is 0 Å². The molecule has 0 aliphatic carbocycles. The summed E-state index contributed by atoms with van der Waals surface area (Å²) in [7, 11) is 0. The third-order valence-electron chi connectivity index (χ3n) is 4.15. The molecule has 3 aromatic rings. The Hall–Kier alpha value is -3.28. The molecule has 0 aliphatic rings. The van der Waals surface area contributed by atoms with Gasteiger partial charge in [-0.2, -0.15) is 13.2 Å². The topological polar surface area (TPSA) is 76.4 Å². The van der Waals surface area contributed by atoms with Crippen molar-refractivity contribution in [3.05, 3.63) is 48.0 Å². The zero-order valence-corrected chi connectivity index (χ0v) is 16.7. The first-order valence-electron chi connectivity index (χ1n) is 9.10. The Bertz CT molecular complexity index is 1130. The summed E-state index contributed by atoms with van der Waals surface area (Å²) < 4.78 is 81.8. The third-order valence-corrected chi connectivity index (χ3v) is 4.15. The van der Waals surface area contributed by atoms with Gasteiger partial charge in [-0.3, -0.25) is 14.7 Å². The number of fused-ring (bicyclic) bond motifs is 1. The Kier molecular flexibility index (Phi) is 5.85. The number of amides is 1. The van der Waals surface area contributed by atoms with E-state index in [4.69, 9.17) is 0 Å². The van der Waals surface area contributed by atoms with E-state index in [0.717, 1.165) is 34.9 Å². The highest BCUT2D eigenvalue weighted by molar-refractivity contribution is 5.93. The van der Waals surface area contributed by atoms with Gasteiger partial charge in [-0.15, -0.1) is 13.2 Å². The molecule has 0 fully saturated rings. The number of carbonyl (C=O) groups excluding carboxylic acids is 1. The molecule has 172 valence electrons. The van der Waals surface area contributed by atoms with Crippen LogP contribution in [0.3, 0.4) is 0 Å². The van der Waals surface area contributed by atoms with Crippen LogP contribution >= 0.6 is 0 Å². The number of carbonyl (C=O) groups is 1. The maximum atomic E-state index is 13.2. The van der Waals surface area contributed by atoms with Crippen LogP contribution in [-0.2, 0) is 11.0 Å². The smallest absolute Gasteiger partial charge is 0.406 e. The number of benzene rings is 2. The molecule has 0 radical (unpaired) electrons. The summed E-state index contributed by atoms with van der Waals surface area (Å²) in [5.74, 6) is -1.37. The maximum absolute atomic E-state index is 13.2. The van der Waals surface area contributed by atoms with Gasteiger partial charge in [0.25, 0.3) is 0 Å². The number of hydrogen-bond acceptors (Lipinski definition) is 4. The number of imidazole rings is 1. The van der Waals surface area contributed by atoms with E-state index in [2.05, 4.69) is 15.0 Å². The van der Waals surface area contributed by atoms with Crippen molar-refractivity contribution < 1.29 is 41.0 Å². The van der Waals surface area contributed by atoms with Gasteiger partial charge in [0.15, 0.2) is 0 Å². The van der Waals surface area contributed by atoms with Gasteiger partial charge >= 0.3 is 12.5 Å². The van der Waals surface area contributed by atoms with Gasteiger partial charge in [0, 0.05) is 5.69 Å². The molecule has 2 aromatic carbocycles. The number of aromatic nitrogens is 2. The number of nitrogens with one attached hydrogen (secondary N) is 1. The van der Waals surface area contributed by atoms with Gasteiger partial charge in [-0.25, -0.2) is 4.98 Å². The molecule has 12 heteroatoms. The van der Waals surface area contributed by atoms with E-state index in [9.17, 15) is 36.2 Å². The molecule has 0 atom stereocenters. The van der Waals surface area contributed by atoms with Crippen LogP contribution in [0.2, 0.25) is 0 Å². The molecule has 32 heavy (non-hydrogen) atoms. The molecule has 0 bridgehead atoms. The van der Waals surface area contributed by atoms with E-state index in [1.807, 2.05) is 0 Å². The van der Waals surface area contributed by atoms with Gasteiger partial charge < -0.3 is 9.84 Å². The summed E-state index contributed by atoms with van der Waals surface area (Å²) in [6, 6.07) is 7.05. The number of aliphatic hydroxyl groups is 1. The standard InChI is InChI=1S/C20H17F6N3O3/c1-18(2,31)10-16(30)28-17-27-14-8-3-11(19(21,22)23)9-15(14)29(17)12-4-6-13(7-5-12)32-20(24,25)26/h3-9,31H,10H2,1-2H3,(H,27,28,30). The lowest BCUT2D eigenvalue weighted by atomic mass is 10.1. The van der Waals surface area contributed by atoms with Crippen molar-refractivity contribution in [1.82, 2.24) is 9.55 Å². The zero-order valence-electron chi connectivity index (χ0n) is 16.7. The molecule has 2 N–H and O–H groups in total. The number of ether oxygens (including phenoxy) is 1. The molecule has 1 aromatic heterocycles. The molecular weight excluding hydrogens is 444 g/mol. The molecule has 3 rings (SSSR count). The third kappa shape index (κ3) is 5.69. The Balaban J connectivity index is 2.10. The van der Waals surface area contributed by atoms with Crippen molar-refractivity contribution >= 4 is 22.9 Å². The van der Waals surface area contributed by atoms with Gasteiger partial charge in [-0.1, -0.05) is 0 Å². The fourth-order valence-corrected chi connectivity index (χ4v) is 2.96. The van der Waals surface area contributed by atoms with Crippen LogP contribution < -0.4 is 10.1 Å². The van der Waals surface area contributed by atoms with Crippen LogP contribution in [0.1, 0.15) is 25.8 Å². The van der Waals surface area contributed by atoms with Crippen LogP contribution in [0.5, 0.6) is 5.75 Å². The summed E-state index contributed by atoms with van der Waals surface area (Å²) in [5, 5.41) is 12.2. The first kappa shape index (κ1) is 23.4. The minimum absolute atomic E-state index is 0.0390. The average molecular weight is 461 g/mol. The lowest BCUT2D eigenvalue weighted by molar-refractivity contribution is -0.274. The molecule has 6 nitrogen and oxygen atoms in total. The Morgan fingerprint density at radius 1 is 1.06 bits per heavy atom. The highest BCUT2D eigenvalue weighted by atomic mass is 19.4. The largest absolute Gasteiger partial charge is 0.573 e. The highest BCUT2D eigenvalue weighted by Crippen LogP contribution is 2.34. The Morgan fingerprint density at radius 2 is 1.69 bits per heavy atom. The number of alkyl halides is 6. The number of rotatable bonds is 5. The predicted molar refractivity (Wildman–Crippen MR) is 102 cm³/mol. The summed E-state index contributed by atoms with van der Waals surface area (Å²) in [5.41, 5.74) is -2.14. The summed E-state index contributed by atoms with van der Waals surface area (Å²) >= 11 is 0. The molecule has 1 heterocycles. The van der Waals surface area contributed by atoms with Crippen molar-refractivity contribution in [3.8, 4) is 11.4 Å². The molecule has 0 saturated heterocycles. The molecule has 0 aliphatic heterocycles. The van der Waals surface area contributed by atoms with Crippen molar-refractivity contribution in [2.75, 3.05) is 5.32 Å². The van der Waals surface area contributed by atoms with E-state index in [1.54, 1.807) is 0 Å². The highest BCUT2D eigenvalue weighted by Gasteiger charge is 2.32. The van der Waals surface area contributed by atoms with Gasteiger partial charge in [-0.05, 0) is 56.3 Å². The number of halogens is 6. The fraction of sp³-hybridized carbons (Fsp3) is 0.300. The first-order valence-corrected chi connectivity index (χ1v) is 9.10. The van der Waals surface area contributed by atoms with Gasteiger partial charge in [0.05, 0.1) is 28.6 Å². The minimum atomic E-state index is -4.92. The van der Waals surface area contributed by atoms with Crippen molar-refractivity contribution in [2.45, 2.75) is 38.4 Å². The predicted octanol–water partition coefficient (Wildman–Crippen LogP) is 5.04. The van der Waals surface area contributed by atoms with Crippen LogP contribution in [0.25, 0.3) is 16.7 Å². The molecule has 0 unspecified atom stereocenters. The van der Waals surface area contributed by atoms with Crippen molar-refractivity contribution in [3.63, 3.8) is 0 Å². The van der Waals surface area contributed by atoms with E-state index in [1.165, 1.54) is 26.0 Å². The van der Waals surface area contributed by atoms with Gasteiger partial charge in [0.1, 0.15) is 5.75 Å².